The van der Waals surface area contributed by atoms with E-state index in [4.69, 9.17) is 0 Å². The quantitative estimate of drug-likeness (QED) is 0.347. The molecule has 0 spiro atoms. The third-order valence-corrected chi connectivity index (χ3v) is 9.94. The van der Waals surface area contributed by atoms with Crippen molar-refractivity contribution in [2.24, 2.45) is 0 Å². The van der Waals surface area contributed by atoms with Crippen LogP contribution in [0.25, 0.3) is 16.7 Å². The Morgan fingerprint density at radius 3 is 2.66 bits per heavy atom. The van der Waals surface area contributed by atoms with Crippen molar-refractivity contribution in [2.45, 2.75) is 36.5 Å². The van der Waals surface area contributed by atoms with Gasteiger partial charge in [0, 0.05) is 27.4 Å². The molecular formula is C36H29NS. The van der Waals surface area contributed by atoms with Crippen LogP contribution in [0.2, 0.25) is 0 Å². The Balaban J connectivity index is 1.19. The molecule has 3 aromatic carbocycles. The second-order valence-corrected chi connectivity index (χ2v) is 12.0. The van der Waals surface area contributed by atoms with Crippen molar-refractivity contribution in [2.75, 3.05) is 4.90 Å². The minimum absolute atomic E-state index is 0.298. The first-order chi connectivity index (χ1) is 18.8. The molecule has 3 aliphatic carbocycles. The molecule has 0 radical (unpaired) electrons. The lowest BCUT2D eigenvalue weighted by Gasteiger charge is -2.29. The smallest absolute Gasteiger partial charge is 0.0629 e. The first-order valence-electron chi connectivity index (χ1n) is 13.8. The number of hydrogen-bond donors (Lipinski definition) is 0. The third kappa shape index (κ3) is 3.55. The molecule has 184 valence electrons. The monoisotopic (exact) mass is 507 g/mol. The lowest BCUT2D eigenvalue weighted by atomic mass is 9.85. The topological polar surface area (TPSA) is 3.24 Å². The van der Waals surface area contributed by atoms with E-state index in [-0.39, 0.29) is 0 Å². The third-order valence-electron chi connectivity index (χ3n) is 8.57. The zero-order valence-electron chi connectivity index (χ0n) is 21.3. The zero-order chi connectivity index (χ0) is 25.1. The maximum Gasteiger partial charge on any atom is 0.0629 e. The zero-order valence-corrected chi connectivity index (χ0v) is 22.1. The molecule has 2 heteroatoms. The van der Waals surface area contributed by atoms with E-state index < -0.39 is 0 Å². The van der Waals surface area contributed by atoms with Crippen LogP contribution in [0.15, 0.2) is 137 Å². The van der Waals surface area contributed by atoms with Crippen LogP contribution < -0.4 is 4.90 Å². The van der Waals surface area contributed by atoms with Crippen LogP contribution >= 0.6 is 11.8 Å². The molecule has 3 aromatic rings. The average molecular weight is 508 g/mol. The minimum atomic E-state index is 0.298. The summed E-state index contributed by atoms with van der Waals surface area (Å²) >= 11 is 2.06. The normalized spacial score (nSPS) is 24.5. The van der Waals surface area contributed by atoms with Crippen LogP contribution in [0, 0.1) is 0 Å². The Labute approximate surface area is 229 Å². The summed E-state index contributed by atoms with van der Waals surface area (Å²) in [5.74, 6) is 0.361. The Morgan fingerprint density at radius 1 is 0.816 bits per heavy atom. The van der Waals surface area contributed by atoms with Gasteiger partial charge in [0.25, 0.3) is 0 Å². The average Bonchev–Trinajstić information content (AvgIpc) is 3.53. The van der Waals surface area contributed by atoms with Crippen molar-refractivity contribution in [1.82, 2.24) is 0 Å². The fraction of sp³-hybridized carbons (Fsp3) is 0.167. The van der Waals surface area contributed by atoms with Crippen LogP contribution in [-0.4, -0.2) is 11.3 Å². The number of benzene rings is 3. The fourth-order valence-corrected chi connectivity index (χ4v) is 8.13. The van der Waals surface area contributed by atoms with Crippen molar-refractivity contribution in [3.63, 3.8) is 0 Å². The van der Waals surface area contributed by atoms with E-state index in [2.05, 4.69) is 138 Å². The molecule has 2 aliphatic heterocycles. The molecule has 0 N–H and O–H groups in total. The molecule has 8 rings (SSSR count). The first-order valence-corrected chi connectivity index (χ1v) is 14.6. The summed E-state index contributed by atoms with van der Waals surface area (Å²) in [4.78, 5) is 4.05. The molecule has 3 unspecified atom stereocenters. The lowest BCUT2D eigenvalue weighted by molar-refractivity contribution is 0.745. The van der Waals surface area contributed by atoms with Gasteiger partial charge < -0.3 is 4.90 Å². The van der Waals surface area contributed by atoms with Crippen molar-refractivity contribution in [1.29, 1.82) is 0 Å². The Morgan fingerprint density at radius 2 is 1.71 bits per heavy atom. The minimum Gasteiger partial charge on any atom is -0.333 e. The van der Waals surface area contributed by atoms with Gasteiger partial charge in [-0.2, -0.15) is 0 Å². The van der Waals surface area contributed by atoms with Gasteiger partial charge in [-0.25, -0.2) is 0 Å². The van der Waals surface area contributed by atoms with E-state index in [1.807, 2.05) is 0 Å². The summed E-state index contributed by atoms with van der Waals surface area (Å²) < 4.78 is 0. The largest absolute Gasteiger partial charge is 0.333 e. The van der Waals surface area contributed by atoms with E-state index in [9.17, 15) is 0 Å². The van der Waals surface area contributed by atoms with Gasteiger partial charge in [0.2, 0.25) is 0 Å². The number of fused-ring (bicyclic) bond motifs is 5. The van der Waals surface area contributed by atoms with Gasteiger partial charge in [-0.15, -0.1) is 11.8 Å². The van der Waals surface area contributed by atoms with Gasteiger partial charge in [-0.05, 0) is 82.5 Å². The van der Waals surface area contributed by atoms with E-state index in [1.54, 1.807) is 11.1 Å². The van der Waals surface area contributed by atoms with Gasteiger partial charge in [-0.1, -0.05) is 97.1 Å². The number of hydrogen-bond acceptors (Lipinski definition) is 2. The van der Waals surface area contributed by atoms with E-state index in [0.717, 1.165) is 6.42 Å². The summed E-state index contributed by atoms with van der Waals surface area (Å²) in [6.07, 6.45) is 22.3. The second kappa shape index (κ2) is 8.92. The van der Waals surface area contributed by atoms with Crippen LogP contribution in [0.5, 0.6) is 0 Å². The van der Waals surface area contributed by atoms with Gasteiger partial charge in [0.05, 0.1) is 6.04 Å². The number of anilines is 2. The molecule has 5 aliphatic rings. The molecule has 0 fully saturated rings. The number of allylic oxidation sites excluding steroid dienone is 8. The van der Waals surface area contributed by atoms with E-state index in [1.165, 1.54) is 56.9 Å². The summed E-state index contributed by atoms with van der Waals surface area (Å²) in [5, 5.41) is 0.601. The van der Waals surface area contributed by atoms with Crippen LogP contribution in [-0.2, 0) is 0 Å². The van der Waals surface area contributed by atoms with Crippen LogP contribution in [0.1, 0.15) is 36.3 Å². The molecule has 2 heterocycles. The molecule has 1 nitrogen and oxygen atoms in total. The predicted octanol–water partition coefficient (Wildman–Crippen LogP) is 9.52. The van der Waals surface area contributed by atoms with Crippen molar-refractivity contribution in [3.8, 4) is 11.1 Å². The molecule has 0 amide bonds. The van der Waals surface area contributed by atoms with Gasteiger partial charge in [0.1, 0.15) is 0 Å². The number of rotatable bonds is 3. The summed E-state index contributed by atoms with van der Waals surface area (Å²) in [6, 6.07) is 27.2. The highest BCUT2D eigenvalue weighted by Gasteiger charge is 2.38. The van der Waals surface area contributed by atoms with Crippen molar-refractivity contribution < 1.29 is 0 Å². The van der Waals surface area contributed by atoms with Crippen molar-refractivity contribution in [3.05, 3.63) is 149 Å². The molecule has 38 heavy (non-hydrogen) atoms. The van der Waals surface area contributed by atoms with E-state index in [0.29, 0.717) is 17.2 Å². The van der Waals surface area contributed by atoms with Gasteiger partial charge in [0.15, 0.2) is 0 Å². The molecular weight excluding hydrogens is 478 g/mol. The van der Waals surface area contributed by atoms with Gasteiger partial charge in [-0.3, -0.25) is 0 Å². The highest BCUT2D eigenvalue weighted by molar-refractivity contribution is 8.04. The highest BCUT2D eigenvalue weighted by atomic mass is 32.2. The molecule has 0 aromatic heterocycles. The Kier molecular flexibility index (Phi) is 5.23. The van der Waals surface area contributed by atoms with Crippen molar-refractivity contribution >= 4 is 28.7 Å². The fourth-order valence-electron chi connectivity index (χ4n) is 6.75. The lowest BCUT2D eigenvalue weighted by Crippen LogP contribution is -2.28. The maximum atomic E-state index is 2.54. The Hall–Kier alpha value is -3.75. The summed E-state index contributed by atoms with van der Waals surface area (Å²) in [5.41, 5.74) is 12.4. The van der Waals surface area contributed by atoms with E-state index >= 15 is 0 Å². The molecule has 0 saturated heterocycles. The first kappa shape index (κ1) is 22.3. The Bertz CT molecular complexity index is 1630. The molecule has 3 atom stereocenters. The standard InChI is InChI=1S/C36H29NS/c1-2-9-24(10-3-1)25-11-8-12-28(21-25)37-33-15-6-4-13-29(33)31-22-26(17-19-34(31)37)27-18-20-36-32(23-27)30-14-5-7-16-35(30)38-36/h1-4,6-13,15-19,21-23,29,33,36H,5,14,20H2. The van der Waals surface area contributed by atoms with Gasteiger partial charge >= 0.3 is 0 Å². The SMILES string of the molecule is C1=CC2c3cc(C4=CCC5SC6=C(CCC=C6)C5=C4)ccc3N(c3cccc(-c4ccccc4)c3)C2C=C1. The second-order valence-electron chi connectivity index (χ2n) is 10.7. The molecule has 0 bridgehead atoms. The number of nitrogens with zero attached hydrogens (tertiary/aromatic N) is 1. The maximum absolute atomic E-state index is 2.54. The molecule has 0 saturated carbocycles. The summed E-state index contributed by atoms with van der Waals surface area (Å²) in [7, 11) is 0. The van der Waals surface area contributed by atoms with Crippen LogP contribution in [0.3, 0.4) is 0 Å². The summed E-state index contributed by atoms with van der Waals surface area (Å²) in [6.45, 7) is 0. The number of thioether (sulfide) groups is 1. The van der Waals surface area contributed by atoms with Crippen LogP contribution in [0.4, 0.5) is 11.4 Å². The predicted molar refractivity (Wildman–Crippen MR) is 163 cm³/mol. The highest BCUT2D eigenvalue weighted by Crippen LogP contribution is 2.52.